The van der Waals surface area contributed by atoms with Gasteiger partial charge in [-0.25, -0.2) is 9.48 Å². The summed E-state index contributed by atoms with van der Waals surface area (Å²) in [6.07, 6.45) is -0.506. The van der Waals surface area contributed by atoms with Gasteiger partial charge in [0.25, 0.3) is 0 Å². The Morgan fingerprint density at radius 2 is 1.66 bits per heavy atom. The fourth-order valence-electron chi connectivity index (χ4n) is 3.50. The van der Waals surface area contributed by atoms with Gasteiger partial charge >= 0.3 is 6.09 Å². The molecule has 8 heteroatoms. The smallest absolute Gasteiger partial charge is 0.412 e. The highest BCUT2D eigenvalue weighted by molar-refractivity contribution is 7.18. The van der Waals surface area contributed by atoms with E-state index in [0.717, 1.165) is 26.7 Å². The molecule has 1 amide bonds. The Balaban J connectivity index is 1.75. The second-order valence-corrected chi connectivity index (χ2v) is 11.2. The first-order chi connectivity index (χ1) is 16.4. The number of carbonyl (C=O) groups is 1. The summed E-state index contributed by atoms with van der Waals surface area (Å²) in [4.78, 5) is 14.3. The highest BCUT2D eigenvalue weighted by atomic mass is 35.5. The monoisotopic (exact) mass is 509 g/mol. The van der Waals surface area contributed by atoms with Crippen molar-refractivity contribution in [2.75, 3.05) is 5.32 Å². The van der Waals surface area contributed by atoms with Crippen molar-refractivity contribution in [3.05, 3.63) is 77.4 Å². The SMILES string of the molecule is CC(C)(C)OC(=O)Nc1ccccc1-c1ccc(-c2cc(C(C)(C)O)nn2-c2ccccc2Cl)s1. The van der Waals surface area contributed by atoms with Crippen LogP contribution in [0.1, 0.15) is 40.3 Å². The summed E-state index contributed by atoms with van der Waals surface area (Å²) in [5, 5.41) is 18.7. The number of rotatable bonds is 5. The first kappa shape index (κ1) is 25.0. The molecular weight excluding hydrogens is 482 g/mol. The maximum Gasteiger partial charge on any atom is 0.412 e. The van der Waals surface area contributed by atoms with Crippen LogP contribution in [0.5, 0.6) is 0 Å². The Bertz CT molecular complexity index is 1360. The Hall–Kier alpha value is -3.13. The average Bonchev–Trinajstić information content (AvgIpc) is 3.40. The lowest BCUT2D eigenvalue weighted by Gasteiger charge is -2.20. The molecule has 0 aliphatic heterocycles. The number of carbonyl (C=O) groups excluding carboxylic acids is 1. The van der Waals surface area contributed by atoms with Crippen LogP contribution < -0.4 is 5.32 Å². The molecule has 182 valence electrons. The van der Waals surface area contributed by atoms with E-state index in [4.69, 9.17) is 16.3 Å². The van der Waals surface area contributed by atoms with E-state index in [9.17, 15) is 9.90 Å². The molecule has 0 saturated heterocycles. The second-order valence-electron chi connectivity index (χ2n) is 9.67. The minimum atomic E-state index is -1.12. The van der Waals surface area contributed by atoms with Crippen molar-refractivity contribution in [1.82, 2.24) is 9.78 Å². The van der Waals surface area contributed by atoms with Crippen molar-refractivity contribution in [3.63, 3.8) is 0 Å². The lowest BCUT2D eigenvalue weighted by atomic mass is 10.1. The standard InChI is InChI=1S/C27H28ClN3O3S/c1-26(2,3)34-25(32)29-19-12-8-6-10-17(19)22-14-15-23(35-22)21-16-24(27(4,5)33)30-31(21)20-13-9-7-11-18(20)28/h6-16,33H,1-5H3,(H,29,32). The van der Waals surface area contributed by atoms with E-state index < -0.39 is 17.3 Å². The number of aliphatic hydroxyl groups is 1. The number of anilines is 1. The van der Waals surface area contributed by atoms with Gasteiger partial charge in [0.15, 0.2) is 0 Å². The van der Waals surface area contributed by atoms with E-state index in [1.54, 1.807) is 29.9 Å². The lowest BCUT2D eigenvalue weighted by Crippen LogP contribution is -2.27. The highest BCUT2D eigenvalue weighted by Gasteiger charge is 2.25. The number of ether oxygens (including phenoxy) is 1. The zero-order chi connectivity index (χ0) is 25.4. The molecule has 6 nitrogen and oxygen atoms in total. The molecule has 2 N–H and O–H groups in total. The molecular formula is C27H28ClN3O3S. The van der Waals surface area contributed by atoms with E-state index in [2.05, 4.69) is 10.4 Å². The minimum absolute atomic E-state index is 0.506. The fraction of sp³-hybridized carbons (Fsp3) is 0.259. The number of benzene rings is 2. The van der Waals surface area contributed by atoms with Crippen LogP contribution in [-0.2, 0) is 10.3 Å². The molecule has 0 saturated carbocycles. The number of nitrogens with zero attached hydrogens (tertiary/aromatic N) is 2. The molecule has 0 unspecified atom stereocenters. The molecule has 0 aliphatic carbocycles. The number of para-hydroxylation sites is 2. The van der Waals surface area contributed by atoms with E-state index in [-0.39, 0.29) is 0 Å². The summed E-state index contributed by atoms with van der Waals surface area (Å²) >= 11 is 8.04. The van der Waals surface area contributed by atoms with Crippen LogP contribution in [0.25, 0.3) is 26.7 Å². The Kier molecular flexibility index (Phi) is 6.77. The summed E-state index contributed by atoms with van der Waals surface area (Å²) in [5.74, 6) is 0. The van der Waals surface area contributed by atoms with Crippen molar-refractivity contribution >= 4 is 34.7 Å². The second kappa shape index (κ2) is 9.49. The van der Waals surface area contributed by atoms with Gasteiger partial charge in [0.2, 0.25) is 0 Å². The largest absolute Gasteiger partial charge is 0.444 e. The zero-order valence-electron chi connectivity index (χ0n) is 20.3. The molecule has 2 aromatic heterocycles. The molecule has 0 radical (unpaired) electrons. The number of halogens is 1. The molecule has 2 aromatic carbocycles. The molecule has 4 rings (SSSR count). The molecule has 0 bridgehead atoms. The van der Waals surface area contributed by atoms with Gasteiger partial charge in [0.1, 0.15) is 11.2 Å². The number of nitrogens with one attached hydrogen (secondary N) is 1. The topological polar surface area (TPSA) is 76.4 Å². The highest BCUT2D eigenvalue weighted by Crippen LogP contribution is 2.40. The molecule has 4 aromatic rings. The summed E-state index contributed by atoms with van der Waals surface area (Å²) in [6.45, 7) is 8.89. The molecule has 0 aliphatic rings. The van der Waals surface area contributed by atoms with Crippen LogP contribution in [0.15, 0.2) is 66.7 Å². The van der Waals surface area contributed by atoms with Crippen LogP contribution >= 0.6 is 22.9 Å². The molecule has 0 fully saturated rings. The van der Waals surface area contributed by atoms with Crippen LogP contribution in [0.3, 0.4) is 0 Å². The number of thiophene rings is 1. The predicted octanol–water partition coefficient (Wildman–Crippen LogP) is 7.50. The van der Waals surface area contributed by atoms with Gasteiger partial charge in [-0.15, -0.1) is 11.3 Å². The van der Waals surface area contributed by atoms with E-state index >= 15 is 0 Å². The van der Waals surface area contributed by atoms with E-state index in [1.807, 2.05) is 87.5 Å². The minimum Gasteiger partial charge on any atom is -0.444 e. The van der Waals surface area contributed by atoms with Gasteiger partial charge in [0, 0.05) is 10.4 Å². The van der Waals surface area contributed by atoms with Crippen LogP contribution in [0.4, 0.5) is 10.5 Å². The third kappa shape index (κ3) is 5.75. The summed E-state index contributed by atoms with van der Waals surface area (Å²) in [7, 11) is 0. The Morgan fingerprint density at radius 1 is 1.00 bits per heavy atom. The predicted molar refractivity (Wildman–Crippen MR) is 142 cm³/mol. The number of hydrogen-bond acceptors (Lipinski definition) is 5. The first-order valence-corrected chi connectivity index (χ1v) is 12.4. The Morgan fingerprint density at radius 3 is 2.34 bits per heavy atom. The maximum atomic E-state index is 12.4. The summed E-state index contributed by atoms with van der Waals surface area (Å²) in [6, 6.07) is 20.9. The number of hydrogen-bond donors (Lipinski definition) is 2. The normalized spacial score (nSPS) is 12.0. The van der Waals surface area contributed by atoms with Gasteiger partial charge in [-0.2, -0.15) is 5.10 Å². The first-order valence-electron chi connectivity index (χ1n) is 11.2. The van der Waals surface area contributed by atoms with E-state index in [1.165, 1.54) is 0 Å². The number of aromatic nitrogens is 2. The van der Waals surface area contributed by atoms with Crippen molar-refractivity contribution in [2.45, 2.75) is 45.8 Å². The van der Waals surface area contributed by atoms with Crippen molar-refractivity contribution in [3.8, 4) is 26.7 Å². The lowest BCUT2D eigenvalue weighted by molar-refractivity contribution is 0.0635. The molecule has 35 heavy (non-hydrogen) atoms. The van der Waals surface area contributed by atoms with Crippen molar-refractivity contribution in [1.29, 1.82) is 0 Å². The summed E-state index contributed by atoms with van der Waals surface area (Å²) in [5.41, 5.74) is 1.89. The molecule has 0 spiro atoms. The Labute approximate surface area is 214 Å². The molecule has 0 atom stereocenters. The quantitative estimate of drug-likeness (QED) is 0.292. The van der Waals surface area contributed by atoms with Gasteiger partial charge in [-0.3, -0.25) is 5.32 Å². The van der Waals surface area contributed by atoms with Gasteiger partial charge in [0.05, 0.1) is 32.7 Å². The van der Waals surface area contributed by atoms with Crippen LogP contribution in [-0.4, -0.2) is 26.6 Å². The summed E-state index contributed by atoms with van der Waals surface area (Å²) < 4.78 is 7.18. The third-order valence-corrected chi connectivity index (χ3v) is 6.56. The van der Waals surface area contributed by atoms with Crippen molar-refractivity contribution < 1.29 is 14.6 Å². The average molecular weight is 510 g/mol. The van der Waals surface area contributed by atoms with E-state index in [0.29, 0.717) is 16.4 Å². The molecule has 2 heterocycles. The van der Waals surface area contributed by atoms with Crippen LogP contribution in [0.2, 0.25) is 5.02 Å². The van der Waals surface area contributed by atoms with Crippen molar-refractivity contribution in [2.24, 2.45) is 0 Å². The fourth-order valence-corrected chi connectivity index (χ4v) is 4.77. The zero-order valence-corrected chi connectivity index (χ0v) is 21.9. The maximum absolute atomic E-state index is 12.4. The van der Waals surface area contributed by atoms with Crippen LogP contribution in [0, 0.1) is 0 Å². The third-order valence-electron chi connectivity index (χ3n) is 5.10. The number of amides is 1. The van der Waals surface area contributed by atoms with Gasteiger partial charge in [-0.1, -0.05) is 41.9 Å². The van der Waals surface area contributed by atoms with Gasteiger partial charge in [-0.05, 0) is 71.0 Å². The van der Waals surface area contributed by atoms with Gasteiger partial charge < -0.3 is 9.84 Å².